The molecular weight excluding hydrogens is 362 g/mol. The van der Waals surface area contributed by atoms with Crippen LogP contribution in [0.4, 0.5) is 5.13 Å². The van der Waals surface area contributed by atoms with Gasteiger partial charge in [-0.15, -0.1) is 26.6 Å². The molecular formula is C14H17N7O2S2. The molecule has 0 aliphatic heterocycles. The van der Waals surface area contributed by atoms with Gasteiger partial charge in [0.15, 0.2) is 16.1 Å². The molecule has 0 atom stereocenters. The Morgan fingerprint density at radius 2 is 2.20 bits per heavy atom. The van der Waals surface area contributed by atoms with Gasteiger partial charge in [-0.3, -0.25) is 9.48 Å². The van der Waals surface area contributed by atoms with Crippen LogP contribution >= 0.6 is 23.1 Å². The van der Waals surface area contributed by atoms with Crippen LogP contribution < -0.4 is 10.1 Å². The van der Waals surface area contributed by atoms with E-state index in [9.17, 15) is 4.79 Å². The number of aromatic nitrogens is 6. The maximum atomic E-state index is 12.0. The van der Waals surface area contributed by atoms with Crippen molar-refractivity contribution in [2.45, 2.75) is 12.1 Å². The van der Waals surface area contributed by atoms with Crippen LogP contribution in [0.25, 0.3) is 11.4 Å². The molecule has 0 radical (unpaired) electrons. The van der Waals surface area contributed by atoms with Crippen molar-refractivity contribution in [1.82, 2.24) is 29.5 Å². The third-order valence-electron chi connectivity index (χ3n) is 3.26. The lowest BCUT2D eigenvalue weighted by Gasteiger charge is -2.04. The monoisotopic (exact) mass is 379 g/mol. The van der Waals surface area contributed by atoms with E-state index in [4.69, 9.17) is 4.74 Å². The number of nitrogens with one attached hydrogen (secondary N) is 1. The Bertz CT molecular complexity index is 899. The molecule has 0 fully saturated rings. The fourth-order valence-electron chi connectivity index (χ4n) is 2.14. The van der Waals surface area contributed by atoms with Crippen LogP contribution in [0.5, 0.6) is 5.88 Å². The lowest BCUT2D eigenvalue weighted by Crippen LogP contribution is -2.14. The zero-order chi connectivity index (χ0) is 18.0. The highest BCUT2D eigenvalue weighted by atomic mass is 32.2. The van der Waals surface area contributed by atoms with E-state index in [0.29, 0.717) is 22.0 Å². The molecule has 3 aromatic heterocycles. The van der Waals surface area contributed by atoms with E-state index in [0.717, 1.165) is 11.3 Å². The van der Waals surface area contributed by atoms with Crippen molar-refractivity contribution in [3.8, 4) is 17.3 Å². The standard InChI is InChI=1S/C14H17N7O2S2/c1-8-6-24-13(15-8)16-10(22)7-25-14-18-17-11(21(14)3)9-5-20(2)19-12(9)23-4/h5-6H,7H2,1-4H3,(H,15,16,22). The molecule has 0 spiro atoms. The molecule has 132 valence electrons. The van der Waals surface area contributed by atoms with Crippen molar-refractivity contribution in [2.24, 2.45) is 14.1 Å². The Morgan fingerprint density at radius 1 is 1.40 bits per heavy atom. The Labute approximate surface area is 152 Å². The summed E-state index contributed by atoms with van der Waals surface area (Å²) in [5.41, 5.74) is 1.63. The van der Waals surface area contributed by atoms with Crippen molar-refractivity contribution < 1.29 is 9.53 Å². The first-order valence-corrected chi connectivity index (χ1v) is 9.16. The number of carbonyl (C=O) groups excluding carboxylic acids is 1. The van der Waals surface area contributed by atoms with E-state index in [1.807, 2.05) is 37.2 Å². The van der Waals surface area contributed by atoms with Crippen molar-refractivity contribution in [3.63, 3.8) is 0 Å². The molecule has 0 aromatic carbocycles. The maximum absolute atomic E-state index is 12.0. The minimum atomic E-state index is -0.136. The highest BCUT2D eigenvalue weighted by Crippen LogP contribution is 2.29. The summed E-state index contributed by atoms with van der Waals surface area (Å²) < 4.78 is 8.72. The summed E-state index contributed by atoms with van der Waals surface area (Å²) in [4.78, 5) is 16.2. The van der Waals surface area contributed by atoms with Gasteiger partial charge in [-0.1, -0.05) is 11.8 Å². The van der Waals surface area contributed by atoms with Crippen molar-refractivity contribution in [2.75, 3.05) is 18.2 Å². The van der Waals surface area contributed by atoms with Gasteiger partial charge in [0.05, 0.1) is 18.6 Å². The maximum Gasteiger partial charge on any atom is 0.243 e. The highest BCUT2D eigenvalue weighted by Gasteiger charge is 2.19. The summed E-state index contributed by atoms with van der Waals surface area (Å²) in [6.07, 6.45) is 1.81. The van der Waals surface area contributed by atoms with E-state index in [-0.39, 0.29) is 11.7 Å². The van der Waals surface area contributed by atoms with Crippen LogP contribution in [0.2, 0.25) is 0 Å². The van der Waals surface area contributed by atoms with Crippen molar-refractivity contribution in [1.29, 1.82) is 0 Å². The molecule has 11 heteroatoms. The van der Waals surface area contributed by atoms with Crippen LogP contribution in [-0.4, -0.2) is 48.3 Å². The second kappa shape index (κ2) is 7.23. The molecule has 3 aromatic rings. The minimum Gasteiger partial charge on any atom is -0.479 e. The number of aryl methyl sites for hydroxylation is 2. The summed E-state index contributed by atoms with van der Waals surface area (Å²) in [6, 6.07) is 0. The SMILES string of the molecule is COc1nn(C)cc1-c1nnc(SCC(=O)Nc2nc(C)cs2)n1C. The smallest absolute Gasteiger partial charge is 0.243 e. The van der Waals surface area contributed by atoms with Gasteiger partial charge >= 0.3 is 0 Å². The van der Waals surface area contributed by atoms with Gasteiger partial charge < -0.3 is 14.6 Å². The largest absolute Gasteiger partial charge is 0.479 e. The Balaban J connectivity index is 1.68. The lowest BCUT2D eigenvalue weighted by atomic mass is 10.3. The number of anilines is 1. The molecule has 3 rings (SSSR count). The number of rotatable bonds is 6. The minimum absolute atomic E-state index is 0.136. The first kappa shape index (κ1) is 17.4. The Morgan fingerprint density at radius 3 is 2.88 bits per heavy atom. The molecule has 3 heterocycles. The number of methoxy groups -OCH3 is 1. The second-order valence-electron chi connectivity index (χ2n) is 5.22. The van der Waals surface area contributed by atoms with E-state index in [2.05, 4.69) is 25.6 Å². The normalized spacial score (nSPS) is 10.9. The number of thioether (sulfide) groups is 1. The van der Waals surface area contributed by atoms with E-state index >= 15 is 0 Å². The molecule has 0 saturated carbocycles. The molecule has 0 unspecified atom stereocenters. The van der Waals surface area contributed by atoms with Gasteiger partial charge in [-0.05, 0) is 6.92 Å². The van der Waals surface area contributed by atoms with Gasteiger partial charge in [0, 0.05) is 25.7 Å². The summed E-state index contributed by atoms with van der Waals surface area (Å²) in [7, 11) is 5.21. The fourth-order valence-corrected chi connectivity index (χ4v) is 3.56. The predicted octanol–water partition coefficient (Wildman–Crippen LogP) is 1.72. The zero-order valence-corrected chi connectivity index (χ0v) is 15.8. The molecule has 0 saturated heterocycles. The summed E-state index contributed by atoms with van der Waals surface area (Å²) >= 11 is 2.70. The Kier molecular flexibility index (Phi) is 5.04. The number of thiazole rings is 1. The average Bonchev–Trinajstić information content (AvgIpc) is 3.24. The van der Waals surface area contributed by atoms with Gasteiger partial charge in [0.25, 0.3) is 0 Å². The topological polar surface area (TPSA) is 99.8 Å². The van der Waals surface area contributed by atoms with Crippen LogP contribution in [0.15, 0.2) is 16.7 Å². The highest BCUT2D eigenvalue weighted by molar-refractivity contribution is 7.99. The molecule has 0 aliphatic carbocycles. The summed E-state index contributed by atoms with van der Waals surface area (Å²) in [5.74, 6) is 1.19. The van der Waals surface area contributed by atoms with E-state index in [1.165, 1.54) is 23.1 Å². The van der Waals surface area contributed by atoms with Gasteiger partial charge in [0.2, 0.25) is 11.8 Å². The molecule has 0 aliphatic rings. The predicted molar refractivity (Wildman–Crippen MR) is 96.0 cm³/mol. The summed E-state index contributed by atoms with van der Waals surface area (Å²) in [5, 5.41) is 18.4. The number of nitrogens with zero attached hydrogens (tertiary/aromatic N) is 6. The molecule has 1 N–H and O–H groups in total. The molecule has 25 heavy (non-hydrogen) atoms. The van der Waals surface area contributed by atoms with Gasteiger partial charge in [0.1, 0.15) is 5.56 Å². The van der Waals surface area contributed by atoms with Crippen molar-refractivity contribution in [3.05, 3.63) is 17.3 Å². The average molecular weight is 379 g/mol. The first-order chi connectivity index (χ1) is 12.0. The zero-order valence-electron chi connectivity index (χ0n) is 14.2. The van der Waals surface area contributed by atoms with Gasteiger partial charge in [-0.25, -0.2) is 4.98 Å². The van der Waals surface area contributed by atoms with E-state index < -0.39 is 0 Å². The van der Waals surface area contributed by atoms with Crippen molar-refractivity contribution >= 4 is 34.1 Å². The van der Waals surface area contributed by atoms with Crippen LogP contribution in [0.3, 0.4) is 0 Å². The fraction of sp³-hybridized carbons (Fsp3) is 0.357. The number of carbonyl (C=O) groups is 1. The molecule has 9 nitrogen and oxygen atoms in total. The van der Waals surface area contributed by atoms with Crippen LogP contribution in [-0.2, 0) is 18.9 Å². The number of ether oxygens (including phenoxy) is 1. The number of hydrogen-bond donors (Lipinski definition) is 1. The van der Waals surface area contributed by atoms with Crippen LogP contribution in [0, 0.1) is 6.92 Å². The third kappa shape index (κ3) is 3.82. The third-order valence-corrected chi connectivity index (χ3v) is 5.16. The first-order valence-electron chi connectivity index (χ1n) is 7.30. The molecule has 0 bridgehead atoms. The second-order valence-corrected chi connectivity index (χ2v) is 7.02. The van der Waals surface area contributed by atoms with Crippen LogP contribution in [0.1, 0.15) is 5.69 Å². The molecule has 1 amide bonds. The lowest BCUT2D eigenvalue weighted by molar-refractivity contribution is -0.113. The number of hydrogen-bond acceptors (Lipinski definition) is 8. The Hall–Kier alpha value is -2.40. The van der Waals surface area contributed by atoms with E-state index in [1.54, 1.807) is 11.8 Å². The number of amides is 1. The van der Waals surface area contributed by atoms with Gasteiger partial charge in [-0.2, -0.15) is 0 Å². The quantitative estimate of drug-likeness (QED) is 0.651. The summed E-state index contributed by atoms with van der Waals surface area (Å²) in [6.45, 7) is 1.88.